The van der Waals surface area contributed by atoms with Gasteiger partial charge < -0.3 is 10.1 Å². The van der Waals surface area contributed by atoms with Gasteiger partial charge in [-0.3, -0.25) is 9.69 Å². The van der Waals surface area contributed by atoms with E-state index in [1.807, 2.05) is 0 Å². The van der Waals surface area contributed by atoms with Crippen molar-refractivity contribution in [2.45, 2.75) is 12.8 Å². The molecule has 1 saturated heterocycles. The molecule has 84 valence electrons. The molecule has 1 aliphatic heterocycles. The molecule has 1 amide bonds. The van der Waals surface area contributed by atoms with E-state index in [2.05, 4.69) is 16.8 Å². The minimum Gasteiger partial charge on any atom is -0.352 e. The number of likely N-dealkylation sites (tertiary alicyclic amines) is 1. The third-order valence-corrected chi connectivity index (χ3v) is 2.64. The van der Waals surface area contributed by atoms with Crippen LogP contribution in [-0.2, 0) is 9.59 Å². The molecule has 0 saturated carbocycles. The number of nitrogens with one attached hydrogen (secondary N) is 1. The van der Waals surface area contributed by atoms with Gasteiger partial charge in [-0.1, -0.05) is 6.08 Å². The van der Waals surface area contributed by atoms with Gasteiger partial charge in [-0.15, -0.1) is 6.58 Å². The molecule has 1 fully saturated rings. The molecule has 15 heavy (non-hydrogen) atoms. The van der Waals surface area contributed by atoms with Gasteiger partial charge in [0.25, 0.3) is 0 Å². The molecule has 0 aliphatic carbocycles. The minimum absolute atomic E-state index is 0.0273. The lowest BCUT2D eigenvalue weighted by atomic mass is 9.99. The van der Waals surface area contributed by atoms with Crippen LogP contribution in [0.1, 0.15) is 12.8 Å². The van der Waals surface area contributed by atoms with E-state index in [0.29, 0.717) is 13.1 Å². The van der Waals surface area contributed by atoms with E-state index in [1.165, 1.54) is 0 Å². The molecule has 1 heterocycles. The summed E-state index contributed by atoms with van der Waals surface area (Å²) in [6.45, 7) is 6.16. The summed E-state index contributed by atoms with van der Waals surface area (Å²) in [5.41, 5.74) is 0. The van der Waals surface area contributed by atoms with Crippen LogP contribution >= 0.6 is 0 Å². The van der Waals surface area contributed by atoms with Crippen molar-refractivity contribution in [3.05, 3.63) is 12.7 Å². The van der Waals surface area contributed by atoms with Crippen molar-refractivity contribution in [2.75, 3.05) is 26.2 Å². The highest BCUT2D eigenvalue weighted by molar-refractivity contribution is 5.78. The van der Waals surface area contributed by atoms with Gasteiger partial charge in [0.05, 0.1) is 6.54 Å². The summed E-state index contributed by atoms with van der Waals surface area (Å²) in [5, 5.41) is 2.74. The number of hydrogen-bond acceptors (Lipinski definition) is 3. The molecule has 1 rings (SSSR count). The fraction of sp³-hybridized carbons (Fsp3) is 0.636. The van der Waals surface area contributed by atoms with Crippen LogP contribution < -0.4 is 5.32 Å². The predicted octanol–water partition coefficient (Wildman–Crippen LogP) is 0.199. The van der Waals surface area contributed by atoms with E-state index < -0.39 is 0 Å². The maximum absolute atomic E-state index is 11.4. The second kappa shape index (κ2) is 6.35. The fourth-order valence-corrected chi connectivity index (χ4v) is 1.69. The lowest BCUT2D eigenvalue weighted by molar-refractivity contribution is -0.122. The maximum atomic E-state index is 11.4. The van der Waals surface area contributed by atoms with E-state index in [1.54, 1.807) is 6.08 Å². The Morgan fingerprint density at radius 1 is 1.47 bits per heavy atom. The molecule has 1 aliphatic rings. The molecule has 4 heteroatoms. The van der Waals surface area contributed by atoms with Crippen LogP contribution in [0.25, 0.3) is 0 Å². The van der Waals surface area contributed by atoms with Gasteiger partial charge in [0.15, 0.2) is 0 Å². The van der Waals surface area contributed by atoms with Gasteiger partial charge in [0.1, 0.15) is 6.29 Å². The molecule has 0 aromatic heterocycles. The number of carbonyl (C=O) groups excluding carboxylic acids is 2. The highest BCUT2D eigenvalue weighted by Gasteiger charge is 2.19. The molecule has 0 atom stereocenters. The number of hydrogen-bond donors (Lipinski definition) is 1. The number of nitrogens with zero attached hydrogens (tertiary/aromatic N) is 1. The Labute approximate surface area is 90.3 Å². The van der Waals surface area contributed by atoms with E-state index in [9.17, 15) is 9.59 Å². The quantitative estimate of drug-likeness (QED) is 0.521. The minimum atomic E-state index is 0.0273. The molecular formula is C11H18N2O2. The van der Waals surface area contributed by atoms with E-state index in [4.69, 9.17) is 0 Å². The van der Waals surface area contributed by atoms with Crippen LogP contribution in [0.5, 0.6) is 0 Å². The maximum Gasteiger partial charge on any atom is 0.234 e. The van der Waals surface area contributed by atoms with Crippen molar-refractivity contribution in [3.8, 4) is 0 Å². The van der Waals surface area contributed by atoms with Gasteiger partial charge >= 0.3 is 0 Å². The Hall–Kier alpha value is -1.16. The summed E-state index contributed by atoms with van der Waals surface area (Å²) in [4.78, 5) is 24.0. The van der Waals surface area contributed by atoms with Gasteiger partial charge in [0, 0.05) is 12.5 Å². The number of aldehydes is 1. The fourth-order valence-electron chi connectivity index (χ4n) is 1.69. The van der Waals surface area contributed by atoms with Crippen LogP contribution in [0.2, 0.25) is 0 Å². The van der Waals surface area contributed by atoms with Gasteiger partial charge in [-0.25, -0.2) is 0 Å². The van der Waals surface area contributed by atoms with Gasteiger partial charge in [-0.05, 0) is 25.9 Å². The van der Waals surface area contributed by atoms with Crippen molar-refractivity contribution in [1.82, 2.24) is 10.2 Å². The van der Waals surface area contributed by atoms with Crippen molar-refractivity contribution in [1.29, 1.82) is 0 Å². The summed E-state index contributed by atoms with van der Waals surface area (Å²) < 4.78 is 0. The Morgan fingerprint density at radius 3 is 2.67 bits per heavy atom. The zero-order valence-corrected chi connectivity index (χ0v) is 8.95. The van der Waals surface area contributed by atoms with Crippen LogP contribution in [-0.4, -0.2) is 43.3 Å². The third-order valence-electron chi connectivity index (χ3n) is 2.64. The molecule has 0 unspecified atom stereocenters. The van der Waals surface area contributed by atoms with Crippen LogP contribution in [0.15, 0.2) is 12.7 Å². The SMILES string of the molecule is C=CCNC(=O)CN1CCC(C=O)CC1. The van der Waals surface area contributed by atoms with Gasteiger partial charge in [0.2, 0.25) is 5.91 Å². The highest BCUT2D eigenvalue weighted by atomic mass is 16.2. The number of amides is 1. The first-order valence-corrected chi connectivity index (χ1v) is 5.31. The van der Waals surface area contributed by atoms with E-state index in [0.717, 1.165) is 32.2 Å². The first-order chi connectivity index (χ1) is 7.26. The lowest BCUT2D eigenvalue weighted by Crippen LogP contribution is -2.41. The second-order valence-corrected chi connectivity index (χ2v) is 3.84. The van der Waals surface area contributed by atoms with Gasteiger partial charge in [-0.2, -0.15) is 0 Å². The zero-order valence-electron chi connectivity index (χ0n) is 8.95. The van der Waals surface area contributed by atoms with Crippen LogP contribution in [0, 0.1) is 5.92 Å². The molecule has 0 aromatic carbocycles. The van der Waals surface area contributed by atoms with Crippen molar-refractivity contribution in [3.63, 3.8) is 0 Å². The number of carbonyl (C=O) groups is 2. The summed E-state index contributed by atoms with van der Waals surface area (Å²) >= 11 is 0. The Balaban J connectivity index is 2.20. The van der Waals surface area contributed by atoms with E-state index in [-0.39, 0.29) is 11.8 Å². The Bertz CT molecular complexity index is 233. The zero-order chi connectivity index (χ0) is 11.1. The first-order valence-electron chi connectivity index (χ1n) is 5.31. The Kier molecular flexibility index (Phi) is 5.04. The molecule has 0 spiro atoms. The summed E-state index contributed by atoms with van der Waals surface area (Å²) in [6.07, 6.45) is 4.43. The lowest BCUT2D eigenvalue weighted by Gasteiger charge is -2.28. The van der Waals surface area contributed by atoms with Crippen molar-refractivity contribution < 1.29 is 9.59 Å². The molecule has 0 bridgehead atoms. The van der Waals surface area contributed by atoms with Crippen LogP contribution in [0.3, 0.4) is 0 Å². The summed E-state index contributed by atoms with van der Waals surface area (Å²) in [6, 6.07) is 0. The molecule has 1 N–H and O–H groups in total. The molecule has 0 radical (unpaired) electrons. The average molecular weight is 210 g/mol. The molecule has 0 aromatic rings. The highest BCUT2D eigenvalue weighted by Crippen LogP contribution is 2.13. The van der Waals surface area contributed by atoms with Crippen molar-refractivity contribution >= 4 is 12.2 Å². The second-order valence-electron chi connectivity index (χ2n) is 3.84. The standard InChI is InChI=1S/C11H18N2O2/c1-2-5-12-11(15)8-13-6-3-10(9-14)4-7-13/h2,9-10H,1,3-8H2,(H,12,15). The Morgan fingerprint density at radius 2 is 2.13 bits per heavy atom. The third kappa shape index (κ3) is 4.25. The first kappa shape index (κ1) is 11.9. The summed E-state index contributed by atoms with van der Waals surface area (Å²) in [7, 11) is 0. The van der Waals surface area contributed by atoms with E-state index >= 15 is 0 Å². The van der Waals surface area contributed by atoms with Crippen molar-refractivity contribution in [2.24, 2.45) is 5.92 Å². The topological polar surface area (TPSA) is 49.4 Å². The molecule has 4 nitrogen and oxygen atoms in total. The predicted molar refractivity (Wildman–Crippen MR) is 58.4 cm³/mol. The normalized spacial score (nSPS) is 18.4. The smallest absolute Gasteiger partial charge is 0.234 e. The summed E-state index contributed by atoms with van der Waals surface area (Å²) in [5.74, 6) is 0.219. The largest absolute Gasteiger partial charge is 0.352 e. The average Bonchev–Trinajstić information content (AvgIpc) is 2.27. The van der Waals surface area contributed by atoms with Crippen LogP contribution in [0.4, 0.5) is 0 Å². The molecular weight excluding hydrogens is 192 g/mol. The number of rotatable bonds is 5. The monoisotopic (exact) mass is 210 g/mol. The number of piperidine rings is 1.